The van der Waals surface area contributed by atoms with Gasteiger partial charge in [0.25, 0.3) is 18.1 Å². The minimum atomic E-state index is -3.83. The zero-order chi connectivity index (χ0) is 9.00. The van der Waals surface area contributed by atoms with Crippen molar-refractivity contribution in [3.63, 3.8) is 0 Å². The van der Waals surface area contributed by atoms with E-state index in [0.717, 1.165) is 0 Å². The summed E-state index contributed by atoms with van der Waals surface area (Å²) in [5, 5.41) is 0. The molecule has 0 rings (SSSR count). The minimum absolute atomic E-state index is 0. The van der Waals surface area contributed by atoms with Crippen LogP contribution >= 0.6 is 0 Å². The van der Waals surface area contributed by atoms with Crippen molar-refractivity contribution in [1.82, 2.24) is 0 Å². The van der Waals surface area contributed by atoms with E-state index in [2.05, 4.69) is 22.4 Å². The van der Waals surface area contributed by atoms with E-state index in [1.165, 1.54) is 0 Å². The van der Waals surface area contributed by atoms with Crippen LogP contribution in [0.1, 0.15) is 1.43 Å². The Morgan fingerprint density at radius 1 is 0.909 bits per heavy atom. The molecule has 66 valence electrons. The van der Waals surface area contributed by atoms with Gasteiger partial charge in [0.15, 0.2) is 0 Å². The second-order valence-corrected chi connectivity index (χ2v) is 5.29. The van der Waals surface area contributed by atoms with E-state index in [9.17, 15) is 0 Å². The smallest absolute Gasteiger partial charge is 1.00 e. The molecule has 0 atom stereocenters. The Labute approximate surface area is 118 Å². The second kappa shape index (κ2) is 7.60. The van der Waals surface area contributed by atoms with Crippen LogP contribution in [0.25, 0.3) is 0 Å². The molecule has 0 aliphatic heterocycles. The summed E-state index contributed by atoms with van der Waals surface area (Å²) >= 11 is 6.93. The first kappa shape index (κ1) is 18.9. The van der Waals surface area contributed by atoms with E-state index in [1.807, 2.05) is 0 Å². The molecule has 0 radical (unpaired) electrons. The van der Waals surface area contributed by atoms with Gasteiger partial charge >= 0.3 is 51.4 Å². The predicted octanol–water partition coefficient (Wildman–Crippen LogP) is -3.53. The predicted molar refractivity (Wildman–Crippen MR) is 42.6 cm³/mol. The van der Waals surface area contributed by atoms with E-state index in [1.54, 1.807) is 0 Å². The van der Waals surface area contributed by atoms with Crippen LogP contribution in [0, 0.1) is 0 Å². The Morgan fingerprint density at radius 3 is 0.909 bits per heavy atom. The van der Waals surface area contributed by atoms with E-state index < -0.39 is 18.1 Å². The van der Waals surface area contributed by atoms with Crippen LogP contribution in [0.4, 0.5) is 0 Å². The Morgan fingerprint density at radius 2 is 0.909 bits per heavy atom. The van der Waals surface area contributed by atoms with Crippen molar-refractivity contribution in [1.29, 1.82) is 0 Å². The number of hydrogen-bond acceptors (Lipinski definition) is 4. The van der Waals surface area contributed by atoms with Gasteiger partial charge in [0.1, 0.15) is 0 Å². The number of rotatable bonds is 0. The quantitative estimate of drug-likeness (QED) is 0.334. The third-order valence-electron chi connectivity index (χ3n) is 0. The molecule has 0 aliphatic rings. The summed E-state index contributed by atoms with van der Waals surface area (Å²) in [6.45, 7) is 0. The van der Waals surface area contributed by atoms with Gasteiger partial charge in [-0.3, -0.25) is 18.2 Å². The maximum Gasteiger partial charge on any atom is 1.00 e. The molecule has 0 heterocycles. The van der Waals surface area contributed by atoms with E-state index in [0.29, 0.717) is 0 Å². The fraction of sp³-hybridized carbons (Fsp3) is 0. The first-order valence-corrected chi connectivity index (χ1v) is 6.19. The summed E-state index contributed by atoms with van der Waals surface area (Å²) in [4.78, 5) is 0. The van der Waals surface area contributed by atoms with Gasteiger partial charge in [-0.2, -0.15) is 8.42 Å². The van der Waals surface area contributed by atoms with Crippen LogP contribution < -0.4 is 51.4 Å². The minimum Gasteiger partial charge on any atom is -1.00 e. The van der Waals surface area contributed by atoms with Gasteiger partial charge in [0.05, 0.1) is 0 Å². The van der Waals surface area contributed by atoms with Crippen LogP contribution in [0.3, 0.4) is 0 Å². The average Bonchev–Trinajstić information content (AvgIpc) is 1.12. The van der Waals surface area contributed by atoms with E-state index >= 15 is 0 Å². The largest absolute Gasteiger partial charge is 1.00 e. The third-order valence-corrected chi connectivity index (χ3v) is 0. The first-order valence-electron chi connectivity index (χ1n) is 1.40. The summed E-state index contributed by atoms with van der Waals surface area (Å²) in [6.07, 6.45) is 0. The zero-order valence-corrected chi connectivity index (χ0v) is 11.6. The van der Waals surface area contributed by atoms with Gasteiger partial charge in [-0.1, -0.05) is 0 Å². The van der Waals surface area contributed by atoms with E-state index in [4.69, 9.17) is 26.6 Å². The molecule has 0 unspecified atom stereocenters. The van der Waals surface area contributed by atoms with Crippen LogP contribution in [0.15, 0.2) is 0 Å². The molecule has 0 fully saturated rings. The van der Waals surface area contributed by atoms with E-state index in [-0.39, 0.29) is 52.8 Å². The fourth-order valence-corrected chi connectivity index (χ4v) is 0. The zero-order valence-electron chi connectivity index (χ0n) is 6.24. The molecule has 0 amide bonds. The van der Waals surface area contributed by atoms with Crippen molar-refractivity contribution in [2.75, 3.05) is 0 Å². The van der Waals surface area contributed by atoms with Gasteiger partial charge in [0, 0.05) is 22.4 Å². The summed E-state index contributed by atoms with van der Waals surface area (Å²) in [5.74, 6) is 0. The molecule has 0 aromatic carbocycles. The normalized spacial score (nSPS) is 10.5. The molecule has 11 heavy (non-hydrogen) atoms. The Bertz CT molecular complexity index is 216. The molecule has 0 saturated carbocycles. The molecular weight excluding hydrogens is 263 g/mol. The van der Waals surface area contributed by atoms with Crippen molar-refractivity contribution < 1.29 is 79.4 Å². The van der Waals surface area contributed by atoms with Gasteiger partial charge in [-0.05, 0) is 0 Å². The summed E-state index contributed by atoms with van der Waals surface area (Å²) in [6, 6.07) is 0. The van der Waals surface area contributed by atoms with Crippen molar-refractivity contribution in [2.24, 2.45) is 0 Å². The molecule has 6 nitrogen and oxygen atoms in total. The molecule has 4 N–H and O–H groups in total. The molecule has 0 aliphatic carbocycles. The van der Waals surface area contributed by atoms with Crippen LogP contribution in [-0.4, -0.2) is 26.6 Å². The van der Waals surface area contributed by atoms with Crippen molar-refractivity contribution >= 4 is 40.5 Å². The van der Waals surface area contributed by atoms with Crippen LogP contribution in [-0.2, 0) is 40.5 Å². The molecule has 0 saturated heterocycles. The molecule has 0 aromatic rings. The molecule has 0 spiro atoms. The third kappa shape index (κ3) is 260. The Balaban J connectivity index is -0.0000000457. The Hall–Kier alpha value is 2.22. The summed E-state index contributed by atoms with van der Waals surface area (Å²) in [5.41, 5.74) is 0. The van der Waals surface area contributed by atoms with Gasteiger partial charge in [0.2, 0.25) is 0 Å². The van der Waals surface area contributed by atoms with Gasteiger partial charge in [-0.15, -0.1) is 0 Å². The summed E-state index contributed by atoms with van der Waals surface area (Å²) < 4.78 is 47.9. The van der Waals surface area contributed by atoms with Gasteiger partial charge in [-0.25, -0.2) is 0 Å². The molecular formula is H5KO6S4. The standard InChI is InChI=1S/K.2H2O3S2.H/c;2*1-5(2,3)4;/h;2*(H2,1,2,3,4);/q+1;;;-1. The molecule has 0 aromatic heterocycles. The van der Waals surface area contributed by atoms with Crippen LogP contribution in [0.2, 0.25) is 0 Å². The SMILES string of the molecule is O=S(O)(O)=S.O=S(O)(O)=S.[H-].[K+]. The maximum atomic E-state index is 9.11. The van der Waals surface area contributed by atoms with Crippen molar-refractivity contribution in [2.45, 2.75) is 0 Å². The average molecular weight is 268 g/mol. The monoisotopic (exact) mass is 268 g/mol. The van der Waals surface area contributed by atoms with Gasteiger partial charge < -0.3 is 1.43 Å². The van der Waals surface area contributed by atoms with Crippen molar-refractivity contribution in [3.8, 4) is 0 Å². The number of hydrogen-bond donors (Lipinski definition) is 4. The Kier molecular flexibility index (Phi) is 13.1. The molecule has 11 heteroatoms. The molecule has 0 bridgehead atoms. The second-order valence-electron chi connectivity index (χ2n) is 0.896. The van der Waals surface area contributed by atoms with Crippen LogP contribution in [0.5, 0.6) is 0 Å². The summed E-state index contributed by atoms with van der Waals surface area (Å²) in [7, 11) is -7.67. The topological polar surface area (TPSA) is 115 Å². The maximum absolute atomic E-state index is 9.11. The first-order chi connectivity index (χ1) is 4.00. The fourth-order valence-electron chi connectivity index (χ4n) is 0. The van der Waals surface area contributed by atoms with Crippen molar-refractivity contribution in [3.05, 3.63) is 0 Å².